The highest BCUT2D eigenvalue weighted by atomic mass is 35.5. The van der Waals surface area contributed by atoms with Gasteiger partial charge in [-0.3, -0.25) is 9.10 Å². The fourth-order valence-electron chi connectivity index (χ4n) is 3.85. The van der Waals surface area contributed by atoms with Crippen LogP contribution in [0.3, 0.4) is 0 Å². The number of fused-ring (bicyclic) bond motifs is 1. The van der Waals surface area contributed by atoms with Crippen LogP contribution < -0.4 is 9.62 Å². The third-order valence-corrected chi connectivity index (χ3v) is 8.20. The first-order chi connectivity index (χ1) is 16.8. The van der Waals surface area contributed by atoms with Gasteiger partial charge < -0.3 is 5.32 Å². The number of sulfonamides is 1. The molecule has 4 rings (SSSR count). The normalized spacial score (nSPS) is 15.5. The molecule has 1 N–H and O–H groups in total. The third-order valence-electron chi connectivity index (χ3n) is 5.64. The molecule has 1 atom stereocenters. The van der Waals surface area contributed by atoms with Crippen molar-refractivity contribution in [1.82, 2.24) is 0 Å². The van der Waals surface area contributed by atoms with Crippen molar-refractivity contribution in [2.75, 3.05) is 9.62 Å². The molecule has 3 aromatic carbocycles. The van der Waals surface area contributed by atoms with E-state index in [-0.39, 0.29) is 21.4 Å². The maximum atomic E-state index is 13.7. The molecule has 0 radical (unpaired) electrons. The predicted molar refractivity (Wildman–Crippen MR) is 138 cm³/mol. The number of hydrogen-bond donors (Lipinski definition) is 1. The number of nitrogens with zero attached hydrogens (tertiary/aromatic N) is 2. The van der Waals surface area contributed by atoms with Crippen LogP contribution in [0.25, 0.3) is 0 Å². The molecule has 0 fully saturated rings. The third kappa shape index (κ3) is 5.35. The zero-order valence-electron chi connectivity index (χ0n) is 18.5. The number of anilines is 2. The molecular weight excluding hydrogens is 505 g/mol. The van der Waals surface area contributed by atoms with E-state index in [0.29, 0.717) is 23.4 Å². The van der Waals surface area contributed by atoms with Gasteiger partial charge in [-0.1, -0.05) is 59.6 Å². The Labute approximate surface area is 214 Å². The second-order valence-corrected chi connectivity index (χ2v) is 10.6. The smallest absolute Gasteiger partial charge is 0.265 e. The number of halogens is 2. The van der Waals surface area contributed by atoms with Gasteiger partial charge in [0.15, 0.2) is 0 Å². The summed E-state index contributed by atoms with van der Waals surface area (Å²) in [4.78, 5) is 12.9. The Morgan fingerprint density at radius 3 is 2.46 bits per heavy atom. The lowest BCUT2D eigenvalue weighted by atomic mass is 10.1. The van der Waals surface area contributed by atoms with Crippen LogP contribution in [0, 0.1) is 11.3 Å². The van der Waals surface area contributed by atoms with Gasteiger partial charge in [-0.2, -0.15) is 5.26 Å². The van der Waals surface area contributed by atoms with Gasteiger partial charge >= 0.3 is 0 Å². The van der Waals surface area contributed by atoms with Crippen LogP contribution in [0.1, 0.15) is 24.0 Å². The SMILES string of the molecule is N#Cc1ccc(CCC=CCC2C(=O)Nc3ccccc3N2S(=O)(=O)c2ccc(Cl)c(Cl)c2)cc1. The Bertz CT molecular complexity index is 1430. The van der Waals surface area contributed by atoms with Crippen molar-refractivity contribution in [3.8, 4) is 6.07 Å². The summed E-state index contributed by atoms with van der Waals surface area (Å²) < 4.78 is 28.5. The Morgan fingerprint density at radius 1 is 1.00 bits per heavy atom. The maximum Gasteiger partial charge on any atom is 0.265 e. The van der Waals surface area contributed by atoms with E-state index in [4.69, 9.17) is 28.5 Å². The standard InChI is InChI=1S/C26H21Cl2N3O3S/c27-21-15-14-20(16-22(21)28)35(33,34)31-24-8-5-4-7-23(24)30-26(32)25(31)9-3-1-2-6-18-10-12-19(17-29)13-11-18/h1,3-5,7-8,10-16,25H,2,6,9H2,(H,30,32). The number of benzene rings is 3. The first kappa shape index (κ1) is 24.8. The van der Waals surface area contributed by atoms with Crippen LogP contribution in [0.2, 0.25) is 10.0 Å². The monoisotopic (exact) mass is 525 g/mol. The quantitative estimate of drug-likeness (QED) is 0.385. The minimum atomic E-state index is -4.12. The van der Waals surface area contributed by atoms with Gasteiger partial charge in [0.2, 0.25) is 5.91 Å². The highest BCUT2D eigenvalue weighted by Gasteiger charge is 2.40. The fourth-order valence-corrected chi connectivity index (χ4v) is 5.88. The van der Waals surface area contributed by atoms with Crippen molar-refractivity contribution in [3.05, 3.63) is 100 Å². The highest BCUT2D eigenvalue weighted by molar-refractivity contribution is 7.93. The van der Waals surface area contributed by atoms with E-state index in [2.05, 4.69) is 11.4 Å². The van der Waals surface area contributed by atoms with Gasteiger partial charge in [0.25, 0.3) is 10.0 Å². The number of nitrogens with one attached hydrogen (secondary N) is 1. The second kappa shape index (κ2) is 10.5. The van der Waals surface area contributed by atoms with Gasteiger partial charge in [-0.05, 0) is 67.3 Å². The van der Waals surface area contributed by atoms with Crippen LogP contribution in [-0.4, -0.2) is 20.4 Å². The molecule has 9 heteroatoms. The summed E-state index contributed by atoms with van der Waals surface area (Å²) in [6, 6.07) is 19.3. The zero-order valence-corrected chi connectivity index (χ0v) is 20.8. The molecule has 1 aliphatic heterocycles. The molecule has 1 aliphatic rings. The van der Waals surface area contributed by atoms with E-state index in [1.165, 1.54) is 18.2 Å². The van der Waals surface area contributed by atoms with Crippen molar-refractivity contribution < 1.29 is 13.2 Å². The molecule has 1 unspecified atom stereocenters. The molecule has 6 nitrogen and oxygen atoms in total. The summed E-state index contributed by atoms with van der Waals surface area (Å²) in [7, 11) is -4.12. The molecule has 1 amide bonds. The number of carbonyl (C=O) groups excluding carboxylic acids is 1. The summed E-state index contributed by atoms with van der Waals surface area (Å²) in [5.41, 5.74) is 2.49. The molecule has 178 valence electrons. The van der Waals surface area contributed by atoms with Crippen LogP contribution >= 0.6 is 23.2 Å². The second-order valence-electron chi connectivity index (χ2n) is 7.95. The summed E-state index contributed by atoms with van der Waals surface area (Å²) in [6.45, 7) is 0. The molecule has 0 aromatic heterocycles. The molecule has 0 saturated carbocycles. The number of carbonyl (C=O) groups is 1. The Balaban J connectivity index is 1.58. The molecular formula is C26H21Cl2N3O3S. The lowest BCUT2D eigenvalue weighted by molar-refractivity contribution is -0.117. The van der Waals surface area contributed by atoms with Gasteiger partial charge in [0.05, 0.1) is 37.9 Å². The Hall–Kier alpha value is -3.31. The van der Waals surface area contributed by atoms with Gasteiger partial charge in [0.1, 0.15) is 6.04 Å². The first-order valence-corrected chi connectivity index (χ1v) is 13.0. The molecule has 0 saturated heterocycles. The number of amides is 1. The summed E-state index contributed by atoms with van der Waals surface area (Å²) in [5, 5.41) is 12.1. The van der Waals surface area contributed by atoms with Crippen LogP contribution in [0.4, 0.5) is 11.4 Å². The van der Waals surface area contributed by atoms with Crippen LogP contribution in [0.5, 0.6) is 0 Å². The van der Waals surface area contributed by atoms with Crippen molar-refractivity contribution in [3.63, 3.8) is 0 Å². The number of allylic oxidation sites excluding steroid dienone is 1. The minimum absolute atomic E-state index is 0.0498. The van der Waals surface area contributed by atoms with Crippen molar-refractivity contribution in [2.45, 2.75) is 30.2 Å². The molecule has 0 aliphatic carbocycles. The van der Waals surface area contributed by atoms with E-state index in [1.54, 1.807) is 36.4 Å². The van der Waals surface area contributed by atoms with E-state index in [0.717, 1.165) is 16.3 Å². The van der Waals surface area contributed by atoms with Crippen molar-refractivity contribution in [1.29, 1.82) is 5.26 Å². The topological polar surface area (TPSA) is 90.3 Å². The predicted octanol–water partition coefficient (Wildman–Crippen LogP) is 5.96. The van der Waals surface area contributed by atoms with Crippen molar-refractivity contribution >= 4 is 50.5 Å². The number of rotatable bonds is 7. The zero-order chi connectivity index (χ0) is 25.0. The summed E-state index contributed by atoms with van der Waals surface area (Å²) in [6.07, 6.45) is 5.40. The molecule has 0 bridgehead atoms. The minimum Gasteiger partial charge on any atom is -0.322 e. The van der Waals surface area contributed by atoms with E-state index >= 15 is 0 Å². The lowest BCUT2D eigenvalue weighted by Crippen LogP contribution is -2.50. The average molecular weight is 526 g/mol. The Kier molecular flexibility index (Phi) is 7.46. The maximum absolute atomic E-state index is 13.7. The number of para-hydroxylation sites is 2. The number of hydrogen-bond acceptors (Lipinski definition) is 4. The lowest BCUT2D eigenvalue weighted by Gasteiger charge is -2.36. The Morgan fingerprint density at radius 2 is 1.74 bits per heavy atom. The molecule has 3 aromatic rings. The van der Waals surface area contributed by atoms with Gasteiger partial charge in [-0.15, -0.1) is 0 Å². The number of nitriles is 1. The highest BCUT2D eigenvalue weighted by Crippen LogP contribution is 2.38. The largest absolute Gasteiger partial charge is 0.322 e. The molecule has 35 heavy (non-hydrogen) atoms. The van der Waals surface area contributed by atoms with E-state index in [9.17, 15) is 13.2 Å². The summed E-state index contributed by atoms with van der Waals surface area (Å²) in [5.74, 6) is -0.413. The van der Waals surface area contributed by atoms with Crippen molar-refractivity contribution in [2.24, 2.45) is 0 Å². The van der Waals surface area contributed by atoms with Crippen LogP contribution in [-0.2, 0) is 21.2 Å². The van der Waals surface area contributed by atoms with E-state index < -0.39 is 22.0 Å². The fraction of sp³-hybridized carbons (Fsp3) is 0.154. The van der Waals surface area contributed by atoms with Crippen LogP contribution in [0.15, 0.2) is 83.8 Å². The molecule has 1 heterocycles. The summed E-state index contributed by atoms with van der Waals surface area (Å²) >= 11 is 12.1. The first-order valence-electron chi connectivity index (χ1n) is 10.8. The van der Waals surface area contributed by atoms with E-state index in [1.807, 2.05) is 24.3 Å². The average Bonchev–Trinajstić information content (AvgIpc) is 2.85. The van der Waals surface area contributed by atoms with Gasteiger partial charge in [0, 0.05) is 0 Å². The molecule has 0 spiro atoms. The van der Waals surface area contributed by atoms with Gasteiger partial charge in [-0.25, -0.2) is 8.42 Å². The number of aryl methyl sites for hydroxylation is 1.